The van der Waals surface area contributed by atoms with Gasteiger partial charge in [0, 0.05) is 12.5 Å². The zero-order chi connectivity index (χ0) is 19.6. The molecule has 1 amide bonds. The Morgan fingerprint density at radius 3 is 2.63 bits per heavy atom. The molecular formula is C21H29NO5. The van der Waals surface area contributed by atoms with Gasteiger partial charge in [0.15, 0.2) is 0 Å². The first kappa shape index (κ1) is 20.9. The molecule has 148 valence electrons. The second kappa shape index (κ2) is 10.7. The van der Waals surface area contributed by atoms with Crippen LogP contribution in [0.2, 0.25) is 0 Å². The molecule has 0 aliphatic carbocycles. The van der Waals surface area contributed by atoms with Crippen molar-refractivity contribution >= 4 is 17.8 Å². The topological polar surface area (TPSA) is 72.9 Å². The molecule has 1 aromatic carbocycles. The van der Waals surface area contributed by atoms with E-state index >= 15 is 0 Å². The molecule has 1 aliphatic heterocycles. The Labute approximate surface area is 160 Å². The molecule has 0 saturated carbocycles. The van der Waals surface area contributed by atoms with Crippen LogP contribution in [0.3, 0.4) is 0 Å². The van der Waals surface area contributed by atoms with Crippen LogP contribution < -0.4 is 0 Å². The third-order valence-electron chi connectivity index (χ3n) is 4.93. The van der Waals surface area contributed by atoms with Gasteiger partial charge in [-0.2, -0.15) is 0 Å². The second-order valence-corrected chi connectivity index (χ2v) is 6.90. The van der Waals surface area contributed by atoms with E-state index in [9.17, 15) is 14.4 Å². The van der Waals surface area contributed by atoms with Gasteiger partial charge in [-0.05, 0) is 24.8 Å². The molecular weight excluding hydrogens is 346 g/mol. The van der Waals surface area contributed by atoms with Crippen LogP contribution in [0.15, 0.2) is 30.3 Å². The molecule has 0 radical (unpaired) electrons. The van der Waals surface area contributed by atoms with Crippen molar-refractivity contribution in [3.8, 4) is 0 Å². The summed E-state index contributed by atoms with van der Waals surface area (Å²) in [5.74, 6) is -1.36. The monoisotopic (exact) mass is 375 g/mol. The highest BCUT2D eigenvalue weighted by Crippen LogP contribution is 2.25. The van der Waals surface area contributed by atoms with Crippen LogP contribution >= 0.6 is 0 Å². The van der Waals surface area contributed by atoms with E-state index in [2.05, 4.69) is 0 Å². The average Bonchev–Trinajstić information content (AvgIpc) is 3.19. The third-order valence-corrected chi connectivity index (χ3v) is 4.93. The molecule has 0 N–H and O–H groups in total. The summed E-state index contributed by atoms with van der Waals surface area (Å²) in [4.78, 5) is 38.8. The standard InChI is InChI=1S/C21H29NO5/c1-3-4-11-17(14-19(23)26-2)20(24)22-13-8-12-18(22)21(25)27-15-16-9-6-5-7-10-16/h5-7,9-10,17-18H,3-4,8,11-15H2,1-2H3/t17-,18+/m1/s1. The van der Waals surface area contributed by atoms with Crippen molar-refractivity contribution < 1.29 is 23.9 Å². The molecule has 0 bridgehead atoms. The first-order valence-corrected chi connectivity index (χ1v) is 9.64. The van der Waals surface area contributed by atoms with Crippen molar-refractivity contribution in [2.45, 2.75) is 58.1 Å². The number of likely N-dealkylation sites (tertiary alicyclic amines) is 1. The van der Waals surface area contributed by atoms with Crippen LogP contribution in [-0.2, 0) is 30.5 Å². The summed E-state index contributed by atoms with van der Waals surface area (Å²) < 4.78 is 10.2. The lowest BCUT2D eigenvalue weighted by atomic mass is 9.96. The number of hydrogen-bond acceptors (Lipinski definition) is 5. The van der Waals surface area contributed by atoms with Gasteiger partial charge in [0.1, 0.15) is 12.6 Å². The third kappa shape index (κ3) is 6.08. The molecule has 6 heteroatoms. The molecule has 1 fully saturated rings. The Kier molecular flexibility index (Phi) is 8.30. The normalized spacial score (nSPS) is 17.4. The summed E-state index contributed by atoms with van der Waals surface area (Å²) in [7, 11) is 1.32. The van der Waals surface area contributed by atoms with Gasteiger partial charge in [0.2, 0.25) is 5.91 Å². The maximum absolute atomic E-state index is 13.0. The number of methoxy groups -OCH3 is 1. The molecule has 2 rings (SSSR count). The van der Waals surface area contributed by atoms with E-state index in [1.54, 1.807) is 4.90 Å². The fourth-order valence-corrected chi connectivity index (χ4v) is 3.38. The van der Waals surface area contributed by atoms with Crippen molar-refractivity contribution in [1.29, 1.82) is 0 Å². The fraction of sp³-hybridized carbons (Fsp3) is 0.571. The number of nitrogens with zero attached hydrogens (tertiary/aromatic N) is 1. The summed E-state index contributed by atoms with van der Waals surface area (Å²) >= 11 is 0. The van der Waals surface area contributed by atoms with Gasteiger partial charge in [-0.15, -0.1) is 0 Å². The quantitative estimate of drug-likeness (QED) is 0.620. The number of rotatable bonds is 9. The van der Waals surface area contributed by atoms with Crippen LogP contribution in [0.1, 0.15) is 51.0 Å². The minimum absolute atomic E-state index is 0.0532. The van der Waals surface area contributed by atoms with Gasteiger partial charge in [0.05, 0.1) is 13.5 Å². The van der Waals surface area contributed by atoms with Gasteiger partial charge in [-0.25, -0.2) is 4.79 Å². The number of ether oxygens (including phenoxy) is 2. The Morgan fingerprint density at radius 2 is 1.96 bits per heavy atom. The molecule has 0 unspecified atom stereocenters. The minimum Gasteiger partial charge on any atom is -0.469 e. The van der Waals surface area contributed by atoms with Crippen molar-refractivity contribution in [1.82, 2.24) is 4.90 Å². The summed E-state index contributed by atoms with van der Waals surface area (Å²) in [5.41, 5.74) is 0.910. The summed E-state index contributed by atoms with van der Waals surface area (Å²) in [6, 6.07) is 8.90. The molecule has 6 nitrogen and oxygen atoms in total. The van der Waals surface area contributed by atoms with Crippen molar-refractivity contribution in [3.05, 3.63) is 35.9 Å². The fourth-order valence-electron chi connectivity index (χ4n) is 3.38. The van der Waals surface area contributed by atoms with Gasteiger partial charge < -0.3 is 14.4 Å². The molecule has 1 aliphatic rings. The van der Waals surface area contributed by atoms with Crippen LogP contribution in [0.4, 0.5) is 0 Å². The lowest BCUT2D eigenvalue weighted by Gasteiger charge is -2.27. The summed E-state index contributed by atoms with van der Waals surface area (Å²) in [6.45, 7) is 2.76. The van der Waals surface area contributed by atoms with E-state index in [1.807, 2.05) is 37.3 Å². The molecule has 1 heterocycles. The Bertz CT molecular complexity index is 631. The molecule has 0 spiro atoms. The largest absolute Gasteiger partial charge is 0.469 e. The Hall–Kier alpha value is -2.37. The van der Waals surface area contributed by atoms with E-state index in [0.717, 1.165) is 24.8 Å². The van der Waals surface area contributed by atoms with Gasteiger partial charge in [-0.1, -0.05) is 50.1 Å². The lowest BCUT2D eigenvalue weighted by Crippen LogP contribution is -2.44. The number of benzene rings is 1. The molecule has 27 heavy (non-hydrogen) atoms. The first-order valence-electron chi connectivity index (χ1n) is 9.64. The molecule has 0 aromatic heterocycles. The number of esters is 2. The number of carbonyl (C=O) groups excluding carboxylic acids is 3. The van der Waals surface area contributed by atoms with Crippen molar-refractivity contribution in [2.24, 2.45) is 5.92 Å². The molecule has 1 saturated heterocycles. The lowest BCUT2D eigenvalue weighted by molar-refractivity contribution is -0.156. The smallest absolute Gasteiger partial charge is 0.329 e. The zero-order valence-electron chi connectivity index (χ0n) is 16.2. The van der Waals surface area contributed by atoms with E-state index in [-0.39, 0.29) is 24.9 Å². The van der Waals surface area contributed by atoms with Crippen LogP contribution in [0.5, 0.6) is 0 Å². The number of hydrogen-bond donors (Lipinski definition) is 0. The van der Waals surface area contributed by atoms with Gasteiger partial charge >= 0.3 is 11.9 Å². The highest BCUT2D eigenvalue weighted by Gasteiger charge is 2.38. The SMILES string of the molecule is CCCC[C@H](CC(=O)OC)C(=O)N1CCC[C@H]1C(=O)OCc1ccccc1. The first-order chi connectivity index (χ1) is 13.1. The van der Waals surface area contributed by atoms with E-state index in [1.165, 1.54) is 7.11 Å². The van der Waals surface area contributed by atoms with Crippen LogP contribution in [0, 0.1) is 5.92 Å². The summed E-state index contributed by atoms with van der Waals surface area (Å²) in [6.07, 6.45) is 3.82. The van der Waals surface area contributed by atoms with Gasteiger partial charge in [-0.3, -0.25) is 9.59 Å². The highest BCUT2D eigenvalue weighted by molar-refractivity contribution is 5.88. The van der Waals surface area contributed by atoms with E-state index in [0.29, 0.717) is 19.4 Å². The predicted molar refractivity (Wildman–Crippen MR) is 101 cm³/mol. The van der Waals surface area contributed by atoms with E-state index in [4.69, 9.17) is 9.47 Å². The maximum atomic E-state index is 13.0. The highest BCUT2D eigenvalue weighted by atomic mass is 16.5. The van der Waals surface area contributed by atoms with Crippen molar-refractivity contribution in [2.75, 3.05) is 13.7 Å². The maximum Gasteiger partial charge on any atom is 0.329 e. The van der Waals surface area contributed by atoms with Crippen molar-refractivity contribution in [3.63, 3.8) is 0 Å². The van der Waals surface area contributed by atoms with Crippen LogP contribution in [-0.4, -0.2) is 42.4 Å². The number of unbranched alkanes of at least 4 members (excludes halogenated alkanes) is 1. The van der Waals surface area contributed by atoms with Crippen LogP contribution in [0.25, 0.3) is 0 Å². The Balaban J connectivity index is 1.99. The van der Waals surface area contributed by atoms with E-state index < -0.39 is 17.9 Å². The molecule has 2 atom stereocenters. The number of carbonyl (C=O) groups is 3. The minimum atomic E-state index is -0.567. The summed E-state index contributed by atoms with van der Waals surface area (Å²) in [5, 5.41) is 0. The zero-order valence-corrected chi connectivity index (χ0v) is 16.2. The Morgan fingerprint density at radius 1 is 1.22 bits per heavy atom. The predicted octanol–water partition coefficient (Wildman–Crippen LogP) is 3.09. The van der Waals surface area contributed by atoms with Gasteiger partial charge in [0.25, 0.3) is 0 Å². The second-order valence-electron chi connectivity index (χ2n) is 6.90. The average molecular weight is 375 g/mol. The number of amides is 1. The molecule has 1 aromatic rings.